The van der Waals surface area contributed by atoms with Crippen molar-refractivity contribution in [2.24, 2.45) is 0 Å². The van der Waals surface area contributed by atoms with E-state index in [1.54, 1.807) is 37.4 Å². The molecule has 7 nitrogen and oxygen atoms in total. The molecule has 136 valence electrons. The quantitative estimate of drug-likeness (QED) is 0.523. The predicted octanol–water partition coefficient (Wildman–Crippen LogP) is 3.84. The third kappa shape index (κ3) is 3.52. The maximum atomic E-state index is 13.1. The van der Waals surface area contributed by atoms with Gasteiger partial charge in [0.15, 0.2) is 5.13 Å². The summed E-state index contributed by atoms with van der Waals surface area (Å²) in [5.41, 5.74) is 2.33. The Balaban J connectivity index is 1.75. The van der Waals surface area contributed by atoms with E-state index in [-0.39, 0.29) is 11.7 Å². The second kappa shape index (κ2) is 7.16. The summed E-state index contributed by atoms with van der Waals surface area (Å²) >= 11 is 1.42. The summed E-state index contributed by atoms with van der Waals surface area (Å²) in [4.78, 5) is 23.4. The molecule has 4 aromatic rings. The van der Waals surface area contributed by atoms with Crippen molar-refractivity contribution in [3.05, 3.63) is 65.8 Å². The normalized spacial score (nSPS) is 10.9. The van der Waals surface area contributed by atoms with E-state index >= 15 is 0 Å². The first-order valence-electron chi connectivity index (χ1n) is 8.23. The van der Waals surface area contributed by atoms with E-state index in [0.29, 0.717) is 17.4 Å². The molecule has 0 aliphatic heterocycles. The molecule has 0 aliphatic rings. The zero-order chi connectivity index (χ0) is 18.8. The van der Waals surface area contributed by atoms with E-state index in [1.807, 2.05) is 30.3 Å². The molecule has 0 saturated heterocycles. The summed E-state index contributed by atoms with van der Waals surface area (Å²) in [5.74, 6) is 0.618. The standard InChI is InChI=1S/C19H16N4O3S/c1-12-8-16(26-22-12)18(24)23(11-13-4-3-7-20-10-13)19-21-15-6-5-14(25-2)9-17(15)27-19/h3-10H,11H2,1-2H3. The Morgan fingerprint density at radius 3 is 2.89 bits per heavy atom. The van der Waals surface area contributed by atoms with Gasteiger partial charge in [0.05, 0.1) is 29.6 Å². The Hall–Kier alpha value is -3.26. The Morgan fingerprint density at radius 1 is 1.30 bits per heavy atom. The van der Waals surface area contributed by atoms with Crippen molar-refractivity contribution < 1.29 is 14.1 Å². The van der Waals surface area contributed by atoms with Crippen LogP contribution >= 0.6 is 11.3 Å². The van der Waals surface area contributed by atoms with Gasteiger partial charge >= 0.3 is 0 Å². The van der Waals surface area contributed by atoms with Crippen LogP contribution in [0.4, 0.5) is 5.13 Å². The van der Waals surface area contributed by atoms with Gasteiger partial charge in [0.25, 0.3) is 5.91 Å². The number of benzene rings is 1. The molecule has 1 aromatic carbocycles. The number of methoxy groups -OCH3 is 1. The molecule has 0 atom stereocenters. The van der Waals surface area contributed by atoms with Crippen LogP contribution in [0.15, 0.2) is 53.3 Å². The van der Waals surface area contributed by atoms with E-state index in [9.17, 15) is 4.79 Å². The SMILES string of the molecule is COc1ccc2nc(N(Cc3cccnc3)C(=O)c3cc(C)no3)sc2c1. The fraction of sp³-hybridized carbons (Fsp3) is 0.158. The summed E-state index contributed by atoms with van der Waals surface area (Å²) < 4.78 is 11.4. The highest BCUT2D eigenvalue weighted by atomic mass is 32.1. The molecule has 1 amide bonds. The molecule has 3 aromatic heterocycles. The number of ether oxygens (including phenoxy) is 1. The lowest BCUT2D eigenvalue weighted by Gasteiger charge is -2.18. The molecule has 3 heterocycles. The molecule has 0 bridgehead atoms. The van der Waals surface area contributed by atoms with E-state index in [2.05, 4.69) is 15.1 Å². The van der Waals surface area contributed by atoms with Gasteiger partial charge in [0.1, 0.15) is 5.75 Å². The number of rotatable bonds is 5. The van der Waals surface area contributed by atoms with Gasteiger partial charge in [0.2, 0.25) is 5.76 Å². The third-order valence-corrected chi connectivity index (χ3v) is 5.00. The first-order valence-corrected chi connectivity index (χ1v) is 9.04. The number of aromatic nitrogens is 3. The summed E-state index contributed by atoms with van der Waals surface area (Å²) in [6.07, 6.45) is 3.42. The van der Waals surface area contributed by atoms with Gasteiger partial charge in [-0.3, -0.25) is 14.7 Å². The zero-order valence-electron chi connectivity index (χ0n) is 14.7. The Kier molecular flexibility index (Phi) is 4.55. The maximum Gasteiger partial charge on any atom is 0.298 e. The van der Waals surface area contributed by atoms with Gasteiger partial charge in [-0.25, -0.2) is 4.98 Å². The van der Waals surface area contributed by atoms with E-state index in [4.69, 9.17) is 9.26 Å². The van der Waals surface area contributed by atoms with Gasteiger partial charge in [-0.05, 0) is 36.8 Å². The number of carbonyl (C=O) groups is 1. The van der Waals surface area contributed by atoms with Crippen molar-refractivity contribution in [2.75, 3.05) is 12.0 Å². The molecule has 27 heavy (non-hydrogen) atoms. The topological polar surface area (TPSA) is 81.4 Å². The lowest BCUT2D eigenvalue weighted by Crippen LogP contribution is -2.30. The number of aryl methyl sites for hydroxylation is 1. The Morgan fingerprint density at radius 2 is 2.19 bits per heavy atom. The number of nitrogens with zero attached hydrogens (tertiary/aromatic N) is 4. The second-order valence-electron chi connectivity index (χ2n) is 5.92. The van der Waals surface area contributed by atoms with Crippen LogP contribution in [0.3, 0.4) is 0 Å². The molecule has 0 saturated carbocycles. The third-order valence-electron chi connectivity index (χ3n) is 3.96. The van der Waals surface area contributed by atoms with Crippen molar-refractivity contribution in [1.82, 2.24) is 15.1 Å². The summed E-state index contributed by atoms with van der Waals surface area (Å²) in [6.45, 7) is 2.10. The summed E-state index contributed by atoms with van der Waals surface area (Å²) in [6, 6.07) is 11.0. The minimum atomic E-state index is -0.300. The fourth-order valence-electron chi connectivity index (χ4n) is 2.63. The lowest BCUT2D eigenvalue weighted by atomic mass is 10.2. The van der Waals surface area contributed by atoms with Crippen LogP contribution in [0.2, 0.25) is 0 Å². The number of hydrogen-bond donors (Lipinski definition) is 0. The van der Waals surface area contributed by atoms with Crippen molar-refractivity contribution in [3.63, 3.8) is 0 Å². The fourth-order valence-corrected chi connectivity index (χ4v) is 3.62. The van der Waals surface area contributed by atoms with Crippen LogP contribution in [-0.4, -0.2) is 28.1 Å². The molecule has 8 heteroatoms. The highest BCUT2D eigenvalue weighted by Gasteiger charge is 2.25. The first kappa shape index (κ1) is 17.2. The second-order valence-corrected chi connectivity index (χ2v) is 6.92. The highest BCUT2D eigenvalue weighted by molar-refractivity contribution is 7.22. The van der Waals surface area contributed by atoms with Crippen molar-refractivity contribution in [3.8, 4) is 5.75 Å². The average molecular weight is 380 g/mol. The number of anilines is 1. The number of pyridine rings is 1. The van der Waals surface area contributed by atoms with Crippen LogP contribution < -0.4 is 9.64 Å². The zero-order valence-corrected chi connectivity index (χ0v) is 15.6. The molecule has 0 N–H and O–H groups in total. The lowest BCUT2D eigenvalue weighted by molar-refractivity contribution is 0.0949. The Labute approximate surface area is 159 Å². The van der Waals surface area contributed by atoms with E-state index in [0.717, 1.165) is 21.5 Å². The molecule has 0 aliphatic carbocycles. The van der Waals surface area contributed by atoms with Gasteiger partial charge in [-0.15, -0.1) is 0 Å². The molecule has 0 fully saturated rings. The van der Waals surface area contributed by atoms with Crippen LogP contribution in [0, 0.1) is 6.92 Å². The minimum absolute atomic E-state index is 0.174. The van der Waals surface area contributed by atoms with Crippen molar-refractivity contribution in [2.45, 2.75) is 13.5 Å². The molecule has 0 unspecified atom stereocenters. The van der Waals surface area contributed by atoms with Crippen molar-refractivity contribution >= 4 is 32.6 Å². The number of thiazole rings is 1. The molecule has 4 rings (SSSR count). The number of fused-ring (bicyclic) bond motifs is 1. The van der Waals surface area contributed by atoms with Crippen molar-refractivity contribution in [1.29, 1.82) is 0 Å². The van der Waals surface area contributed by atoms with Gasteiger partial charge in [-0.2, -0.15) is 0 Å². The summed E-state index contributed by atoms with van der Waals surface area (Å²) in [7, 11) is 1.62. The van der Waals surface area contributed by atoms with E-state index < -0.39 is 0 Å². The predicted molar refractivity (Wildman–Crippen MR) is 102 cm³/mol. The smallest absolute Gasteiger partial charge is 0.298 e. The largest absolute Gasteiger partial charge is 0.497 e. The number of hydrogen-bond acceptors (Lipinski definition) is 7. The van der Waals surface area contributed by atoms with Crippen LogP contribution in [0.25, 0.3) is 10.2 Å². The Bertz CT molecular complexity index is 1090. The molecular formula is C19H16N4O3S. The van der Waals surface area contributed by atoms with Crippen LogP contribution in [0.5, 0.6) is 5.75 Å². The maximum absolute atomic E-state index is 13.1. The number of carbonyl (C=O) groups excluding carboxylic acids is 1. The minimum Gasteiger partial charge on any atom is -0.497 e. The molecule has 0 spiro atoms. The van der Waals surface area contributed by atoms with Gasteiger partial charge < -0.3 is 9.26 Å². The van der Waals surface area contributed by atoms with Crippen LogP contribution in [-0.2, 0) is 6.54 Å². The van der Waals surface area contributed by atoms with Crippen LogP contribution in [0.1, 0.15) is 21.8 Å². The first-order chi connectivity index (χ1) is 13.1. The monoisotopic (exact) mass is 380 g/mol. The van der Waals surface area contributed by atoms with E-state index in [1.165, 1.54) is 11.3 Å². The van der Waals surface area contributed by atoms with Gasteiger partial charge in [0, 0.05) is 18.5 Å². The molecule has 0 radical (unpaired) electrons. The average Bonchev–Trinajstić information content (AvgIpc) is 3.31. The summed E-state index contributed by atoms with van der Waals surface area (Å²) in [5, 5.41) is 4.39. The highest BCUT2D eigenvalue weighted by Crippen LogP contribution is 2.33. The molecular weight excluding hydrogens is 364 g/mol. The number of amides is 1. The van der Waals surface area contributed by atoms with Gasteiger partial charge in [-0.1, -0.05) is 22.6 Å².